The third kappa shape index (κ3) is 12.1. The molecule has 2 N–H and O–H groups in total. The first-order valence-corrected chi connectivity index (χ1v) is 27.3. The van der Waals surface area contributed by atoms with Crippen LogP contribution in [-0.4, -0.2) is 143 Å². The zero-order valence-corrected chi connectivity index (χ0v) is 44.2. The number of ether oxygens (including phenoxy) is 4. The molecule has 0 spiro atoms. The van der Waals surface area contributed by atoms with E-state index in [4.69, 9.17) is 57.1 Å². The fourth-order valence-corrected chi connectivity index (χ4v) is 8.76. The van der Waals surface area contributed by atoms with E-state index in [0.29, 0.717) is 107 Å². The van der Waals surface area contributed by atoms with Crippen LogP contribution >= 0.6 is 23.2 Å². The minimum Gasteiger partial charge on any atom is -0.506 e. The molecule has 4 aromatic heterocycles. The monoisotopic (exact) mass is 1020 g/mol. The van der Waals surface area contributed by atoms with Crippen molar-refractivity contribution in [3.8, 4) is 57.3 Å². The number of hydrogen-bond acceptors (Lipinski definition) is 11. The Hall–Kier alpha value is -6.54. The van der Waals surface area contributed by atoms with Crippen molar-refractivity contribution in [1.82, 2.24) is 48.4 Å². The summed E-state index contributed by atoms with van der Waals surface area (Å²) in [5.41, 5.74) is 7.31. The molecule has 0 saturated heterocycles. The minimum absolute atomic E-state index is 0.0115. The van der Waals surface area contributed by atoms with Gasteiger partial charge in [-0.15, -0.1) is 0 Å². The Kier molecular flexibility index (Phi) is 16.7. The zero-order chi connectivity index (χ0) is 51.1. The number of hydrogen-bond donors (Lipinski definition) is 2. The molecule has 17 nitrogen and oxygen atoms in total. The number of fused-ring (bicyclic) bond motifs is 2. The van der Waals surface area contributed by atoms with E-state index in [0.717, 1.165) is 28.2 Å². The molecule has 0 atom stereocenters. The summed E-state index contributed by atoms with van der Waals surface area (Å²) in [6.07, 6.45) is 3.65. The second-order valence-electron chi connectivity index (χ2n) is 18.4. The van der Waals surface area contributed by atoms with Gasteiger partial charge in [-0.3, -0.25) is 9.59 Å². The summed E-state index contributed by atoms with van der Waals surface area (Å²) in [4.78, 5) is 50.5. The van der Waals surface area contributed by atoms with E-state index in [9.17, 15) is 14.7 Å². The normalized spacial score (nSPS) is 11.5. The smallest absolute Gasteiger partial charge is 0.253 e. The van der Waals surface area contributed by atoms with E-state index in [1.807, 2.05) is 51.7 Å². The molecule has 0 aliphatic rings. The Morgan fingerprint density at radius 1 is 0.704 bits per heavy atom. The summed E-state index contributed by atoms with van der Waals surface area (Å²) >= 11 is 12.2. The lowest BCUT2D eigenvalue weighted by Gasteiger charge is -2.16. The highest BCUT2D eigenvalue weighted by Crippen LogP contribution is 2.34. The van der Waals surface area contributed by atoms with Gasteiger partial charge in [0.05, 0.1) is 58.6 Å². The number of phenolic OH excluding ortho intramolecular Hbond substituents is 1. The van der Waals surface area contributed by atoms with Crippen molar-refractivity contribution < 1.29 is 33.6 Å². The van der Waals surface area contributed by atoms with Gasteiger partial charge in [0.25, 0.3) is 11.8 Å². The van der Waals surface area contributed by atoms with Crippen LogP contribution in [0.15, 0.2) is 85.2 Å². The highest BCUT2D eigenvalue weighted by Gasteiger charge is 2.22. The van der Waals surface area contributed by atoms with Gasteiger partial charge >= 0.3 is 0 Å². The SMILES string of the molecule is COCCn1c(-c2cn(COCC[Si](C)(C)C)c(-c3ccc(Cl)c(OC)c3)n2)nc2cc(C(=O)N(C)C)ccc21.COCCn1c(-c2cnc(-c3ccc(Cl)c(O)c3)[nH]2)nc2cc(C(=O)N(C)C)ccc21. The van der Waals surface area contributed by atoms with E-state index >= 15 is 0 Å². The fourth-order valence-electron chi connectivity index (χ4n) is 7.70. The predicted molar refractivity (Wildman–Crippen MR) is 281 cm³/mol. The number of methoxy groups -OCH3 is 3. The number of aromatic nitrogens is 8. The van der Waals surface area contributed by atoms with Crippen molar-refractivity contribution in [2.75, 3.05) is 69.3 Å². The first-order valence-electron chi connectivity index (χ1n) is 22.9. The second-order valence-corrected chi connectivity index (χ2v) is 24.8. The van der Waals surface area contributed by atoms with Gasteiger partial charge in [-0.05, 0) is 78.8 Å². The molecule has 20 heteroatoms. The maximum absolute atomic E-state index is 12.6. The summed E-state index contributed by atoms with van der Waals surface area (Å²) in [5, 5.41) is 10.7. The molecule has 8 aromatic rings. The number of amides is 2. The standard InChI is InChI=1S/C29H38ClN5O4Si.C22H22ClN5O3/c1-33(2)29(36)21-9-11-25-23(16-21)31-28(35(25)12-13-37-3)24-18-34(19-39-14-15-40(5,6)7)27(32-24)20-8-10-22(30)26(17-20)38-4;1-27(2)22(30)14-5-7-18-16(10-14)26-21(28(18)8-9-31-3)17-12-24-20(25-17)13-4-6-15(23)19(29)11-13/h8-11,16-18H,12-15,19H2,1-7H3;4-7,10-12,29H,8-9H2,1-3H3,(H,24,25). The fraction of sp³-hybridized carbons (Fsp3) is 0.333. The molecule has 0 saturated carbocycles. The second kappa shape index (κ2) is 22.7. The van der Waals surface area contributed by atoms with Crippen LogP contribution in [0.5, 0.6) is 11.5 Å². The number of carbonyl (C=O) groups excluding carboxylic acids is 2. The first-order chi connectivity index (χ1) is 33.9. The van der Waals surface area contributed by atoms with Crippen molar-refractivity contribution >= 4 is 65.2 Å². The van der Waals surface area contributed by atoms with Crippen LogP contribution in [0.2, 0.25) is 35.7 Å². The molecule has 8 rings (SSSR count). The number of carbonyl (C=O) groups is 2. The van der Waals surface area contributed by atoms with Gasteiger partial charge in [-0.2, -0.15) is 0 Å². The summed E-state index contributed by atoms with van der Waals surface area (Å²) in [5.74, 6) is 3.06. The quantitative estimate of drug-likeness (QED) is 0.0617. The molecule has 0 bridgehead atoms. The molecule has 0 aliphatic heterocycles. The van der Waals surface area contributed by atoms with Gasteiger partial charge in [0.1, 0.15) is 41.3 Å². The highest BCUT2D eigenvalue weighted by molar-refractivity contribution is 6.76. The van der Waals surface area contributed by atoms with Crippen LogP contribution in [0.4, 0.5) is 0 Å². The lowest BCUT2D eigenvalue weighted by Crippen LogP contribution is -2.22. The van der Waals surface area contributed by atoms with Gasteiger partial charge < -0.3 is 52.5 Å². The summed E-state index contributed by atoms with van der Waals surface area (Å²) in [6.45, 7) is 10.2. The van der Waals surface area contributed by atoms with Gasteiger partial charge in [-0.1, -0.05) is 42.8 Å². The lowest BCUT2D eigenvalue weighted by atomic mass is 10.2. The highest BCUT2D eigenvalue weighted by atomic mass is 35.5. The molecule has 0 unspecified atom stereocenters. The van der Waals surface area contributed by atoms with Crippen LogP contribution in [0, 0.1) is 0 Å². The van der Waals surface area contributed by atoms with Crippen molar-refractivity contribution in [2.24, 2.45) is 0 Å². The Morgan fingerprint density at radius 3 is 1.85 bits per heavy atom. The molecule has 4 heterocycles. The first kappa shape index (κ1) is 52.3. The van der Waals surface area contributed by atoms with Crippen molar-refractivity contribution in [1.29, 1.82) is 0 Å². The Bertz CT molecular complexity index is 3170. The number of benzene rings is 4. The van der Waals surface area contributed by atoms with Gasteiger partial charge in [0.15, 0.2) is 11.6 Å². The maximum atomic E-state index is 12.6. The number of aromatic hydroxyl groups is 1. The molecule has 4 aromatic carbocycles. The largest absolute Gasteiger partial charge is 0.506 e. The molecular weight excluding hydrogens is 964 g/mol. The van der Waals surface area contributed by atoms with Crippen LogP contribution in [0.1, 0.15) is 20.7 Å². The summed E-state index contributed by atoms with van der Waals surface area (Å²) in [7, 11) is 10.6. The number of aromatic amines is 1. The van der Waals surface area contributed by atoms with Crippen LogP contribution in [0.25, 0.3) is 67.9 Å². The van der Waals surface area contributed by atoms with Crippen molar-refractivity contribution in [3.05, 3.63) is 106 Å². The lowest BCUT2D eigenvalue weighted by molar-refractivity contribution is 0.0820. The van der Waals surface area contributed by atoms with Gasteiger partial charge in [0.2, 0.25) is 0 Å². The molecule has 374 valence electrons. The van der Waals surface area contributed by atoms with E-state index in [1.54, 1.807) is 97.0 Å². The topological polar surface area (TPSA) is 180 Å². The van der Waals surface area contributed by atoms with Crippen LogP contribution in [0.3, 0.4) is 0 Å². The number of phenols is 1. The number of halogens is 2. The maximum Gasteiger partial charge on any atom is 0.253 e. The van der Waals surface area contributed by atoms with E-state index in [1.165, 1.54) is 4.90 Å². The van der Waals surface area contributed by atoms with Crippen molar-refractivity contribution in [3.63, 3.8) is 0 Å². The molecule has 0 aliphatic carbocycles. The van der Waals surface area contributed by atoms with Crippen molar-refractivity contribution in [2.45, 2.75) is 45.5 Å². The van der Waals surface area contributed by atoms with Gasteiger partial charge in [0, 0.05) is 98.6 Å². The Labute approximate surface area is 423 Å². The average molecular weight is 1020 g/mol. The average Bonchev–Trinajstić information content (AvgIpc) is 4.16. The Balaban J connectivity index is 0.000000215. The van der Waals surface area contributed by atoms with Crippen LogP contribution in [-0.2, 0) is 34.0 Å². The molecule has 2 amide bonds. The van der Waals surface area contributed by atoms with Gasteiger partial charge in [-0.25, -0.2) is 19.9 Å². The number of nitrogens with zero attached hydrogens (tertiary/aromatic N) is 9. The number of nitrogens with one attached hydrogen (secondary N) is 1. The van der Waals surface area contributed by atoms with E-state index < -0.39 is 8.07 Å². The third-order valence-electron chi connectivity index (χ3n) is 11.5. The molecule has 0 fully saturated rings. The summed E-state index contributed by atoms with van der Waals surface area (Å²) in [6, 6.07) is 22.7. The molecule has 71 heavy (non-hydrogen) atoms. The van der Waals surface area contributed by atoms with E-state index in [-0.39, 0.29) is 22.6 Å². The minimum atomic E-state index is -1.23. The number of H-pyrrole nitrogens is 1. The summed E-state index contributed by atoms with van der Waals surface area (Å²) < 4.78 is 28.3. The predicted octanol–water partition coefficient (Wildman–Crippen LogP) is 9.69. The third-order valence-corrected chi connectivity index (χ3v) is 13.9. The molecule has 0 radical (unpaired) electrons. The van der Waals surface area contributed by atoms with Crippen LogP contribution < -0.4 is 4.74 Å². The number of imidazole rings is 4. The zero-order valence-electron chi connectivity index (χ0n) is 41.7. The van der Waals surface area contributed by atoms with E-state index in [2.05, 4.69) is 34.2 Å². The molecular formula is C51H60Cl2N10O7Si. The Morgan fingerprint density at radius 2 is 1.28 bits per heavy atom. The number of rotatable bonds is 18.